The van der Waals surface area contributed by atoms with Crippen LogP contribution in [0.4, 0.5) is 5.69 Å². The molecule has 2 heterocycles. The summed E-state index contributed by atoms with van der Waals surface area (Å²) in [4.78, 5) is 19.5. The minimum atomic E-state index is 0.00498. The fraction of sp³-hybridized carbons (Fsp3) is 0.471. The minimum Gasteiger partial charge on any atom is -0.378 e. The van der Waals surface area contributed by atoms with Gasteiger partial charge >= 0.3 is 0 Å². The van der Waals surface area contributed by atoms with E-state index in [9.17, 15) is 4.79 Å². The summed E-state index contributed by atoms with van der Waals surface area (Å²) < 4.78 is 0. The van der Waals surface area contributed by atoms with E-state index in [1.54, 1.807) is 0 Å². The van der Waals surface area contributed by atoms with Gasteiger partial charge in [-0.25, -0.2) is 0 Å². The van der Waals surface area contributed by atoms with Crippen molar-refractivity contribution in [1.29, 1.82) is 0 Å². The minimum absolute atomic E-state index is 0.00498. The van der Waals surface area contributed by atoms with Gasteiger partial charge in [0.1, 0.15) is 0 Å². The largest absolute Gasteiger partial charge is 0.378 e. The SMILES string of the molecule is CN1CCC(c2c[nH]c(=O)c3cc(N(C)C)ccc23)CC1. The Morgan fingerprint density at radius 3 is 2.57 bits per heavy atom. The average molecular weight is 285 g/mol. The Balaban J connectivity index is 2.08. The number of hydrogen-bond acceptors (Lipinski definition) is 3. The zero-order valence-electron chi connectivity index (χ0n) is 13.0. The lowest BCUT2D eigenvalue weighted by Gasteiger charge is -2.29. The molecule has 0 unspecified atom stereocenters. The quantitative estimate of drug-likeness (QED) is 0.921. The highest BCUT2D eigenvalue weighted by atomic mass is 16.1. The Morgan fingerprint density at radius 1 is 1.19 bits per heavy atom. The second-order valence-electron chi connectivity index (χ2n) is 6.28. The molecule has 0 atom stereocenters. The molecule has 1 aliphatic rings. The predicted octanol–water partition coefficient (Wildman–Crippen LogP) is 2.40. The molecule has 1 aromatic carbocycles. The van der Waals surface area contributed by atoms with Crippen LogP contribution in [0.25, 0.3) is 10.8 Å². The molecule has 1 fully saturated rings. The van der Waals surface area contributed by atoms with Crippen LogP contribution in [0.2, 0.25) is 0 Å². The standard InChI is InChI=1S/C17H23N3O/c1-19(2)13-4-5-14-15(10-13)17(21)18-11-16(14)12-6-8-20(3)9-7-12/h4-5,10-12H,6-9H2,1-3H3,(H,18,21). The molecule has 0 spiro atoms. The number of nitrogens with one attached hydrogen (secondary N) is 1. The van der Waals surface area contributed by atoms with Gasteiger partial charge in [-0.05, 0) is 62.0 Å². The van der Waals surface area contributed by atoms with Crippen molar-refractivity contribution < 1.29 is 0 Å². The summed E-state index contributed by atoms with van der Waals surface area (Å²) in [6.45, 7) is 2.25. The van der Waals surface area contributed by atoms with Crippen LogP contribution >= 0.6 is 0 Å². The Bertz CT molecular complexity index is 697. The number of fused-ring (bicyclic) bond motifs is 1. The Labute approximate surface area is 125 Å². The first kappa shape index (κ1) is 14.1. The van der Waals surface area contributed by atoms with Crippen LogP contribution in [0.3, 0.4) is 0 Å². The summed E-state index contributed by atoms with van der Waals surface area (Å²) in [5.74, 6) is 0.547. The second-order valence-corrected chi connectivity index (χ2v) is 6.28. The molecule has 0 saturated carbocycles. The van der Waals surface area contributed by atoms with Gasteiger partial charge in [-0.1, -0.05) is 6.07 Å². The molecule has 0 radical (unpaired) electrons. The first-order chi connectivity index (χ1) is 10.1. The van der Waals surface area contributed by atoms with Crippen molar-refractivity contribution in [3.63, 3.8) is 0 Å². The van der Waals surface area contributed by atoms with Crippen molar-refractivity contribution in [1.82, 2.24) is 9.88 Å². The van der Waals surface area contributed by atoms with Crippen molar-refractivity contribution in [3.05, 3.63) is 40.3 Å². The number of aromatic amines is 1. The molecule has 0 aliphatic carbocycles. The smallest absolute Gasteiger partial charge is 0.255 e. The number of piperidine rings is 1. The summed E-state index contributed by atoms with van der Waals surface area (Å²) >= 11 is 0. The fourth-order valence-electron chi connectivity index (χ4n) is 3.21. The van der Waals surface area contributed by atoms with E-state index in [1.807, 2.05) is 31.3 Å². The normalized spacial score (nSPS) is 17.3. The molecule has 1 N–H and O–H groups in total. The van der Waals surface area contributed by atoms with Gasteiger partial charge in [-0.2, -0.15) is 0 Å². The van der Waals surface area contributed by atoms with Gasteiger partial charge in [0.15, 0.2) is 0 Å². The van der Waals surface area contributed by atoms with Gasteiger partial charge < -0.3 is 14.8 Å². The maximum absolute atomic E-state index is 12.2. The number of nitrogens with zero attached hydrogens (tertiary/aromatic N) is 2. The third-order valence-electron chi connectivity index (χ3n) is 4.59. The first-order valence-corrected chi connectivity index (χ1v) is 7.57. The van der Waals surface area contributed by atoms with Crippen molar-refractivity contribution in [2.24, 2.45) is 0 Å². The van der Waals surface area contributed by atoms with Crippen LogP contribution in [0, 0.1) is 0 Å². The molecule has 3 rings (SSSR count). The lowest BCUT2D eigenvalue weighted by atomic mass is 9.87. The number of rotatable bonds is 2. The van der Waals surface area contributed by atoms with E-state index in [0.29, 0.717) is 5.92 Å². The van der Waals surface area contributed by atoms with Crippen molar-refractivity contribution in [3.8, 4) is 0 Å². The highest BCUT2D eigenvalue weighted by Crippen LogP contribution is 2.32. The van der Waals surface area contributed by atoms with Crippen LogP contribution < -0.4 is 10.5 Å². The van der Waals surface area contributed by atoms with Gasteiger partial charge in [-0.15, -0.1) is 0 Å². The molecular weight excluding hydrogens is 262 g/mol. The Hall–Kier alpha value is -1.81. The molecule has 1 aliphatic heterocycles. The fourth-order valence-corrected chi connectivity index (χ4v) is 3.21. The zero-order valence-corrected chi connectivity index (χ0v) is 13.0. The van der Waals surface area contributed by atoms with E-state index in [2.05, 4.69) is 29.1 Å². The molecule has 1 saturated heterocycles. The van der Waals surface area contributed by atoms with Gasteiger partial charge in [0.05, 0.1) is 0 Å². The van der Waals surface area contributed by atoms with Crippen LogP contribution in [-0.2, 0) is 0 Å². The van der Waals surface area contributed by atoms with E-state index >= 15 is 0 Å². The maximum atomic E-state index is 12.2. The molecule has 0 amide bonds. The lowest BCUT2D eigenvalue weighted by Crippen LogP contribution is -2.29. The van der Waals surface area contributed by atoms with Crippen LogP contribution in [0.5, 0.6) is 0 Å². The van der Waals surface area contributed by atoms with Crippen molar-refractivity contribution in [2.45, 2.75) is 18.8 Å². The molecule has 0 bridgehead atoms. The van der Waals surface area contributed by atoms with Gasteiger partial charge in [0.2, 0.25) is 0 Å². The third-order valence-corrected chi connectivity index (χ3v) is 4.59. The van der Waals surface area contributed by atoms with E-state index in [4.69, 9.17) is 0 Å². The highest BCUT2D eigenvalue weighted by Gasteiger charge is 2.21. The number of H-pyrrole nitrogens is 1. The summed E-state index contributed by atoms with van der Waals surface area (Å²) in [5.41, 5.74) is 2.36. The second kappa shape index (κ2) is 5.53. The summed E-state index contributed by atoms with van der Waals surface area (Å²) in [7, 11) is 6.16. The van der Waals surface area contributed by atoms with Crippen molar-refractivity contribution >= 4 is 16.5 Å². The van der Waals surface area contributed by atoms with E-state index in [-0.39, 0.29) is 5.56 Å². The molecular formula is C17H23N3O. The number of pyridine rings is 1. The number of benzene rings is 1. The first-order valence-electron chi connectivity index (χ1n) is 7.57. The average Bonchev–Trinajstić information content (AvgIpc) is 2.48. The van der Waals surface area contributed by atoms with Crippen LogP contribution in [0.15, 0.2) is 29.2 Å². The monoisotopic (exact) mass is 285 g/mol. The van der Waals surface area contributed by atoms with Gasteiger partial charge in [0.25, 0.3) is 5.56 Å². The summed E-state index contributed by atoms with van der Waals surface area (Å²) in [6, 6.07) is 6.19. The molecule has 21 heavy (non-hydrogen) atoms. The summed E-state index contributed by atoms with van der Waals surface area (Å²) in [5, 5.41) is 1.91. The number of likely N-dealkylation sites (tertiary alicyclic amines) is 1. The van der Waals surface area contributed by atoms with Gasteiger partial charge in [0, 0.05) is 31.4 Å². The van der Waals surface area contributed by atoms with E-state index in [0.717, 1.165) is 42.4 Å². The zero-order chi connectivity index (χ0) is 15.0. The van der Waals surface area contributed by atoms with Crippen LogP contribution in [-0.4, -0.2) is 44.1 Å². The lowest BCUT2D eigenvalue weighted by molar-refractivity contribution is 0.256. The molecule has 4 nitrogen and oxygen atoms in total. The number of aromatic nitrogens is 1. The molecule has 4 heteroatoms. The number of anilines is 1. The Kier molecular flexibility index (Phi) is 3.72. The Morgan fingerprint density at radius 2 is 1.90 bits per heavy atom. The topological polar surface area (TPSA) is 39.3 Å². The predicted molar refractivity (Wildman–Crippen MR) is 88.4 cm³/mol. The molecule has 2 aromatic rings. The molecule has 112 valence electrons. The third kappa shape index (κ3) is 2.68. The van der Waals surface area contributed by atoms with E-state index in [1.165, 1.54) is 5.56 Å². The summed E-state index contributed by atoms with van der Waals surface area (Å²) in [6.07, 6.45) is 4.25. The van der Waals surface area contributed by atoms with Crippen LogP contribution in [0.1, 0.15) is 24.3 Å². The maximum Gasteiger partial charge on any atom is 0.255 e. The highest BCUT2D eigenvalue weighted by molar-refractivity contribution is 5.88. The van der Waals surface area contributed by atoms with E-state index < -0.39 is 0 Å². The van der Waals surface area contributed by atoms with Crippen molar-refractivity contribution in [2.75, 3.05) is 39.1 Å². The van der Waals surface area contributed by atoms with Gasteiger partial charge in [-0.3, -0.25) is 4.79 Å². The molecule has 1 aromatic heterocycles. The number of hydrogen-bond donors (Lipinski definition) is 1.